The summed E-state index contributed by atoms with van der Waals surface area (Å²) in [5.74, 6) is -1.16. The molecule has 0 saturated carbocycles. The summed E-state index contributed by atoms with van der Waals surface area (Å²) in [6.07, 6.45) is 1.36. The zero-order chi connectivity index (χ0) is 12.4. The average Bonchev–Trinajstić information content (AvgIpc) is 2.14. The van der Waals surface area contributed by atoms with Crippen molar-refractivity contribution in [2.75, 3.05) is 11.5 Å². The number of hydrogen-bond acceptors (Lipinski definition) is 5. The average molecular weight is 264 g/mol. The lowest BCUT2D eigenvalue weighted by atomic mass is 10.3. The Morgan fingerprint density at radius 1 is 1.25 bits per heavy atom. The largest absolute Gasteiger partial charge is 0.245 e. The van der Waals surface area contributed by atoms with Gasteiger partial charge in [0.15, 0.2) is 14.9 Å². The molecule has 8 heteroatoms. The van der Waals surface area contributed by atoms with E-state index in [4.69, 9.17) is 5.14 Å². The first-order valence-corrected chi connectivity index (χ1v) is 7.73. The third-order valence-electron chi connectivity index (χ3n) is 1.85. The fraction of sp³-hybridized carbons (Fsp3) is 0.375. The summed E-state index contributed by atoms with van der Waals surface area (Å²) in [6.45, 7) is 1.72. The summed E-state index contributed by atoms with van der Waals surface area (Å²) in [5, 5.41) is 4.61. The molecule has 1 heterocycles. The molecule has 0 unspecified atom stereocenters. The van der Waals surface area contributed by atoms with Crippen LogP contribution in [0.2, 0.25) is 0 Å². The van der Waals surface area contributed by atoms with E-state index in [9.17, 15) is 16.8 Å². The quantitative estimate of drug-likeness (QED) is 0.785. The van der Waals surface area contributed by atoms with E-state index in [-0.39, 0.29) is 5.03 Å². The molecule has 16 heavy (non-hydrogen) atoms. The van der Waals surface area contributed by atoms with Crippen LogP contribution in [0, 0.1) is 6.92 Å². The van der Waals surface area contributed by atoms with Gasteiger partial charge in [0.05, 0.1) is 11.5 Å². The zero-order valence-electron chi connectivity index (χ0n) is 8.62. The Hall–Kier alpha value is -0.990. The van der Waals surface area contributed by atoms with E-state index < -0.39 is 31.4 Å². The molecule has 0 spiro atoms. The SMILES string of the molecule is Cc1ccnc(S(=O)(=O)CCS(N)(=O)=O)c1. The lowest BCUT2D eigenvalue weighted by Crippen LogP contribution is -2.23. The second kappa shape index (κ2) is 4.48. The van der Waals surface area contributed by atoms with Gasteiger partial charge in [-0.15, -0.1) is 0 Å². The summed E-state index contributed by atoms with van der Waals surface area (Å²) in [6, 6.07) is 3.04. The minimum absolute atomic E-state index is 0.129. The number of hydrogen-bond donors (Lipinski definition) is 1. The highest BCUT2D eigenvalue weighted by Crippen LogP contribution is 2.09. The maximum atomic E-state index is 11.6. The summed E-state index contributed by atoms with van der Waals surface area (Å²) < 4.78 is 44.6. The smallest absolute Gasteiger partial charge is 0.210 e. The molecule has 0 aromatic carbocycles. The summed E-state index contributed by atoms with van der Waals surface area (Å²) in [7, 11) is -7.47. The molecule has 0 bridgehead atoms. The fourth-order valence-electron chi connectivity index (χ4n) is 1.01. The minimum Gasteiger partial charge on any atom is -0.245 e. The number of aromatic nitrogens is 1. The topological polar surface area (TPSA) is 107 Å². The third-order valence-corrected chi connectivity index (χ3v) is 4.48. The molecule has 0 aliphatic heterocycles. The van der Waals surface area contributed by atoms with Crippen LogP contribution in [0.1, 0.15) is 5.56 Å². The van der Waals surface area contributed by atoms with Gasteiger partial charge in [0, 0.05) is 6.20 Å². The van der Waals surface area contributed by atoms with Crippen molar-refractivity contribution in [3.05, 3.63) is 23.9 Å². The molecule has 0 atom stereocenters. The standard InChI is InChI=1S/C8H12N2O4S2/c1-7-2-3-10-8(6-7)15(11,12)4-5-16(9,13)14/h2-3,6H,4-5H2,1H3,(H2,9,13,14). The number of aryl methyl sites for hydroxylation is 1. The van der Waals surface area contributed by atoms with E-state index in [1.54, 1.807) is 13.0 Å². The number of nitrogens with zero attached hydrogens (tertiary/aromatic N) is 1. The summed E-state index contributed by atoms with van der Waals surface area (Å²) in [4.78, 5) is 3.69. The van der Waals surface area contributed by atoms with Gasteiger partial charge in [-0.05, 0) is 24.6 Å². The normalized spacial score (nSPS) is 12.6. The van der Waals surface area contributed by atoms with Gasteiger partial charge in [0.1, 0.15) is 0 Å². The monoisotopic (exact) mass is 264 g/mol. The highest BCUT2D eigenvalue weighted by Gasteiger charge is 2.18. The minimum atomic E-state index is -3.78. The van der Waals surface area contributed by atoms with Crippen LogP contribution in [0.25, 0.3) is 0 Å². The molecule has 0 aliphatic carbocycles. The second-order valence-corrected chi connectivity index (χ2v) is 7.15. The molecule has 0 fully saturated rings. The number of pyridine rings is 1. The molecular formula is C8H12N2O4S2. The maximum absolute atomic E-state index is 11.6. The number of primary sulfonamides is 1. The Labute approximate surface area is 94.5 Å². The van der Waals surface area contributed by atoms with Gasteiger partial charge in [-0.1, -0.05) is 0 Å². The van der Waals surface area contributed by atoms with Crippen molar-refractivity contribution in [2.24, 2.45) is 5.14 Å². The van der Waals surface area contributed by atoms with Crippen molar-refractivity contribution in [1.82, 2.24) is 4.98 Å². The number of rotatable bonds is 4. The molecule has 0 radical (unpaired) electrons. The van der Waals surface area contributed by atoms with Crippen LogP contribution in [0.15, 0.2) is 23.4 Å². The number of sulfonamides is 1. The van der Waals surface area contributed by atoms with Gasteiger partial charge >= 0.3 is 0 Å². The van der Waals surface area contributed by atoms with E-state index in [1.165, 1.54) is 12.3 Å². The van der Waals surface area contributed by atoms with Gasteiger partial charge in [-0.3, -0.25) is 0 Å². The Bertz CT molecular complexity index is 578. The van der Waals surface area contributed by atoms with Gasteiger partial charge in [-0.25, -0.2) is 27.0 Å². The Morgan fingerprint density at radius 3 is 2.38 bits per heavy atom. The second-order valence-electron chi connectivity index (χ2n) is 3.36. The molecule has 2 N–H and O–H groups in total. The lowest BCUT2D eigenvalue weighted by Gasteiger charge is -2.03. The van der Waals surface area contributed by atoms with E-state index in [0.717, 1.165) is 5.56 Å². The highest BCUT2D eigenvalue weighted by molar-refractivity contribution is 7.94. The first kappa shape index (κ1) is 13.1. The first-order chi connectivity index (χ1) is 7.21. The van der Waals surface area contributed by atoms with Crippen LogP contribution in [-0.4, -0.2) is 33.3 Å². The lowest BCUT2D eigenvalue weighted by molar-refractivity contribution is 0.586. The molecular weight excluding hydrogens is 252 g/mol. The predicted octanol–water partition coefficient (Wildman–Crippen LogP) is -0.548. The van der Waals surface area contributed by atoms with Crippen molar-refractivity contribution in [3.63, 3.8) is 0 Å². The summed E-state index contributed by atoms with van der Waals surface area (Å²) in [5.41, 5.74) is 0.740. The van der Waals surface area contributed by atoms with Crippen LogP contribution >= 0.6 is 0 Å². The zero-order valence-corrected chi connectivity index (χ0v) is 10.3. The van der Waals surface area contributed by atoms with E-state index in [2.05, 4.69) is 4.98 Å². The van der Waals surface area contributed by atoms with Crippen LogP contribution in [0.4, 0.5) is 0 Å². The number of nitrogens with two attached hydrogens (primary N) is 1. The Balaban J connectivity index is 2.95. The fourth-order valence-corrected chi connectivity index (χ4v) is 3.61. The Morgan fingerprint density at radius 2 is 1.88 bits per heavy atom. The van der Waals surface area contributed by atoms with E-state index in [1.807, 2.05) is 0 Å². The van der Waals surface area contributed by atoms with Crippen LogP contribution in [0.5, 0.6) is 0 Å². The summed E-state index contributed by atoms with van der Waals surface area (Å²) >= 11 is 0. The molecule has 1 aromatic heterocycles. The Kier molecular flexibility index (Phi) is 3.66. The highest BCUT2D eigenvalue weighted by atomic mass is 32.2. The van der Waals surface area contributed by atoms with Crippen LogP contribution < -0.4 is 5.14 Å². The van der Waals surface area contributed by atoms with Gasteiger partial charge < -0.3 is 0 Å². The predicted molar refractivity (Wildman–Crippen MR) is 59.0 cm³/mol. The first-order valence-electron chi connectivity index (χ1n) is 4.37. The maximum Gasteiger partial charge on any atom is 0.210 e. The molecule has 0 amide bonds. The van der Waals surface area contributed by atoms with Crippen molar-refractivity contribution in [1.29, 1.82) is 0 Å². The van der Waals surface area contributed by atoms with Crippen molar-refractivity contribution in [2.45, 2.75) is 11.9 Å². The number of sulfone groups is 1. The molecule has 6 nitrogen and oxygen atoms in total. The van der Waals surface area contributed by atoms with Crippen LogP contribution in [-0.2, 0) is 19.9 Å². The van der Waals surface area contributed by atoms with Gasteiger partial charge in [0.25, 0.3) is 0 Å². The van der Waals surface area contributed by atoms with Gasteiger partial charge in [-0.2, -0.15) is 0 Å². The molecule has 1 rings (SSSR count). The molecule has 90 valence electrons. The third kappa shape index (κ3) is 3.87. The van der Waals surface area contributed by atoms with E-state index >= 15 is 0 Å². The van der Waals surface area contributed by atoms with Crippen molar-refractivity contribution in [3.8, 4) is 0 Å². The molecule has 0 aliphatic rings. The van der Waals surface area contributed by atoms with Crippen molar-refractivity contribution >= 4 is 19.9 Å². The molecule has 1 aromatic rings. The van der Waals surface area contributed by atoms with Gasteiger partial charge in [0.2, 0.25) is 10.0 Å². The van der Waals surface area contributed by atoms with Crippen LogP contribution in [0.3, 0.4) is 0 Å². The molecule has 0 saturated heterocycles. The van der Waals surface area contributed by atoms with E-state index in [0.29, 0.717) is 0 Å². The van der Waals surface area contributed by atoms with Crippen molar-refractivity contribution < 1.29 is 16.8 Å².